The zero-order chi connectivity index (χ0) is 19.9. The van der Waals surface area contributed by atoms with E-state index in [1.165, 1.54) is 19.2 Å². The van der Waals surface area contributed by atoms with Gasteiger partial charge in [-0.15, -0.1) is 11.8 Å². The summed E-state index contributed by atoms with van der Waals surface area (Å²) in [6.45, 7) is 4.99. The standard InChI is InChI=1S/C17H16BrF6NS/c1-3-13(18)25-9-10(2)16(26-8-4-7-17(22,23)24)14-11(19)5-6-12(20)15(14)21/h3,5-6,9,16H,1,4,7-8H2,2H3/b10-9+,25-13+. The maximum Gasteiger partial charge on any atom is 0.389 e. The van der Waals surface area contributed by atoms with Crippen molar-refractivity contribution in [3.05, 3.63) is 59.6 Å². The van der Waals surface area contributed by atoms with E-state index in [0.29, 0.717) is 16.3 Å². The lowest BCUT2D eigenvalue weighted by Crippen LogP contribution is -2.09. The number of nitrogens with zero attached hydrogens (tertiary/aromatic N) is 1. The lowest BCUT2D eigenvalue weighted by atomic mass is 10.0. The zero-order valence-electron chi connectivity index (χ0n) is 13.7. The van der Waals surface area contributed by atoms with Gasteiger partial charge in [-0.25, -0.2) is 18.2 Å². The quantitative estimate of drug-likeness (QED) is 0.174. The molecule has 1 aromatic carbocycles. The van der Waals surface area contributed by atoms with Gasteiger partial charge in [0.1, 0.15) is 10.4 Å². The van der Waals surface area contributed by atoms with Crippen LogP contribution in [0.4, 0.5) is 26.3 Å². The first-order valence-corrected chi connectivity index (χ1v) is 9.25. The second kappa shape index (κ2) is 10.2. The van der Waals surface area contributed by atoms with Gasteiger partial charge >= 0.3 is 6.18 Å². The highest BCUT2D eigenvalue weighted by Crippen LogP contribution is 2.40. The van der Waals surface area contributed by atoms with E-state index in [2.05, 4.69) is 27.5 Å². The van der Waals surface area contributed by atoms with E-state index in [4.69, 9.17) is 0 Å². The summed E-state index contributed by atoms with van der Waals surface area (Å²) in [6, 6.07) is 1.44. The van der Waals surface area contributed by atoms with Crippen LogP contribution >= 0.6 is 27.7 Å². The number of thioether (sulfide) groups is 1. The van der Waals surface area contributed by atoms with Crippen molar-refractivity contribution in [3.63, 3.8) is 0 Å². The Balaban J connectivity index is 3.14. The largest absolute Gasteiger partial charge is 0.389 e. The third-order valence-electron chi connectivity index (χ3n) is 3.20. The first kappa shape index (κ1) is 22.8. The minimum Gasteiger partial charge on any atom is -0.249 e. The van der Waals surface area contributed by atoms with Crippen LogP contribution in [0.5, 0.6) is 0 Å². The summed E-state index contributed by atoms with van der Waals surface area (Å²) < 4.78 is 78.9. The number of benzene rings is 1. The predicted octanol–water partition coefficient (Wildman–Crippen LogP) is 7.10. The van der Waals surface area contributed by atoms with Gasteiger partial charge in [0.15, 0.2) is 11.6 Å². The van der Waals surface area contributed by atoms with E-state index >= 15 is 0 Å². The van der Waals surface area contributed by atoms with Gasteiger partial charge < -0.3 is 0 Å². The van der Waals surface area contributed by atoms with Crippen molar-refractivity contribution in [1.82, 2.24) is 0 Å². The molecule has 0 aliphatic carbocycles. The van der Waals surface area contributed by atoms with E-state index in [1.54, 1.807) is 0 Å². The Morgan fingerprint density at radius 1 is 1.27 bits per heavy atom. The molecular weight excluding hydrogens is 444 g/mol. The van der Waals surface area contributed by atoms with Crippen molar-refractivity contribution in [3.8, 4) is 0 Å². The van der Waals surface area contributed by atoms with Gasteiger partial charge in [0, 0.05) is 18.2 Å². The second-order valence-corrected chi connectivity index (χ2v) is 7.28. The minimum absolute atomic E-state index is 0.0168. The summed E-state index contributed by atoms with van der Waals surface area (Å²) in [7, 11) is 0. The molecule has 0 saturated carbocycles. The summed E-state index contributed by atoms with van der Waals surface area (Å²) >= 11 is 3.98. The van der Waals surface area contributed by atoms with Gasteiger partial charge in [-0.3, -0.25) is 0 Å². The van der Waals surface area contributed by atoms with Gasteiger partial charge in [-0.1, -0.05) is 6.58 Å². The van der Waals surface area contributed by atoms with Crippen LogP contribution in [0, 0.1) is 17.5 Å². The van der Waals surface area contributed by atoms with Crippen LogP contribution in [0.3, 0.4) is 0 Å². The Labute approximate surface area is 160 Å². The van der Waals surface area contributed by atoms with E-state index in [0.717, 1.165) is 17.8 Å². The third-order valence-corrected chi connectivity index (χ3v) is 5.20. The molecule has 0 bridgehead atoms. The Morgan fingerprint density at radius 3 is 2.46 bits per heavy atom. The zero-order valence-corrected chi connectivity index (χ0v) is 16.1. The van der Waals surface area contributed by atoms with Crippen molar-refractivity contribution in [2.24, 2.45) is 4.99 Å². The molecule has 1 rings (SSSR count). The molecule has 0 amide bonds. The molecule has 1 unspecified atom stereocenters. The van der Waals surface area contributed by atoms with Crippen LogP contribution in [0.25, 0.3) is 0 Å². The molecule has 0 N–H and O–H groups in total. The number of rotatable bonds is 8. The number of aliphatic imine (C=N–C) groups is 1. The number of alkyl halides is 3. The fraction of sp³-hybridized carbons (Fsp3) is 0.353. The molecule has 1 atom stereocenters. The maximum absolute atomic E-state index is 14.1. The number of hydrogen-bond acceptors (Lipinski definition) is 2. The van der Waals surface area contributed by atoms with Crippen LogP contribution in [-0.4, -0.2) is 16.6 Å². The molecule has 1 nitrogen and oxygen atoms in total. The minimum atomic E-state index is -4.31. The van der Waals surface area contributed by atoms with Crippen molar-refractivity contribution in [1.29, 1.82) is 0 Å². The summed E-state index contributed by atoms with van der Waals surface area (Å²) in [5.41, 5.74) is -0.190. The summed E-state index contributed by atoms with van der Waals surface area (Å²) in [5.74, 6) is -3.59. The summed E-state index contributed by atoms with van der Waals surface area (Å²) in [6.07, 6.45) is -2.86. The fourth-order valence-corrected chi connectivity index (χ4v) is 3.34. The predicted molar refractivity (Wildman–Crippen MR) is 97.1 cm³/mol. The van der Waals surface area contributed by atoms with Crippen molar-refractivity contribution in [2.45, 2.75) is 31.2 Å². The van der Waals surface area contributed by atoms with E-state index in [1.807, 2.05) is 0 Å². The number of halogens is 7. The Kier molecular flexibility index (Phi) is 8.95. The highest BCUT2D eigenvalue weighted by atomic mass is 79.9. The van der Waals surface area contributed by atoms with Crippen LogP contribution < -0.4 is 0 Å². The van der Waals surface area contributed by atoms with Crippen LogP contribution in [-0.2, 0) is 0 Å². The molecule has 0 aliphatic rings. The highest BCUT2D eigenvalue weighted by Gasteiger charge is 2.28. The van der Waals surface area contributed by atoms with Crippen LogP contribution in [0.1, 0.15) is 30.6 Å². The number of hydrogen-bond donors (Lipinski definition) is 0. The molecule has 144 valence electrons. The van der Waals surface area contributed by atoms with Gasteiger partial charge in [0.05, 0.1) is 5.25 Å². The van der Waals surface area contributed by atoms with Crippen molar-refractivity contribution >= 4 is 32.3 Å². The second-order valence-electron chi connectivity index (χ2n) is 5.26. The summed E-state index contributed by atoms with van der Waals surface area (Å²) in [5, 5.41) is -1.02. The number of allylic oxidation sites excluding steroid dienone is 1. The van der Waals surface area contributed by atoms with Crippen LogP contribution in [0.15, 0.2) is 41.6 Å². The van der Waals surface area contributed by atoms with E-state index in [-0.39, 0.29) is 12.2 Å². The van der Waals surface area contributed by atoms with E-state index < -0.39 is 40.9 Å². The van der Waals surface area contributed by atoms with Crippen molar-refractivity contribution < 1.29 is 26.3 Å². The Morgan fingerprint density at radius 2 is 1.88 bits per heavy atom. The normalized spacial score (nSPS) is 14.5. The molecule has 0 spiro atoms. The fourth-order valence-electron chi connectivity index (χ4n) is 1.98. The molecule has 0 saturated heterocycles. The Hall–Kier alpha value is -1.22. The molecule has 0 heterocycles. The molecule has 0 aliphatic heterocycles. The molecular formula is C17H16BrF6NS. The maximum atomic E-state index is 14.1. The average molecular weight is 460 g/mol. The highest BCUT2D eigenvalue weighted by molar-refractivity contribution is 9.18. The van der Waals surface area contributed by atoms with Gasteiger partial charge in [0.25, 0.3) is 0 Å². The van der Waals surface area contributed by atoms with Gasteiger partial charge in [-0.2, -0.15) is 13.2 Å². The first-order chi connectivity index (χ1) is 12.1. The molecule has 1 aromatic rings. The first-order valence-electron chi connectivity index (χ1n) is 7.41. The molecule has 0 radical (unpaired) electrons. The van der Waals surface area contributed by atoms with Gasteiger partial charge in [-0.05, 0) is 58.8 Å². The summed E-state index contributed by atoms with van der Waals surface area (Å²) in [4.78, 5) is 3.96. The smallest absolute Gasteiger partial charge is 0.249 e. The molecule has 0 fully saturated rings. The lowest BCUT2D eigenvalue weighted by Gasteiger charge is -2.19. The monoisotopic (exact) mass is 459 g/mol. The van der Waals surface area contributed by atoms with E-state index in [9.17, 15) is 26.3 Å². The molecule has 0 aromatic heterocycles. The lowest BCUT2D eigenvalue weighted by molar-refractivity contribution is -0.134. The Bertz CT molecular complexity index is 699. The van der Waals surface area contributed by atoms with Crippen LogP contribution in [0.2, 0.25) is 0 Å². The van der Waals surface area contributed by atoms with Crippen molar-refractivity contribution in [2.75, 3.05) is 5.75 Å². The SMILES string of the molecule is C=C/C(Br)=N\C=C(/C)C(SCCCC(F)(F)F)c1c(F)ccc(F)c1F. The molecule has 26 heavy (non-hydrogen) atoms. The topological polar surface area (TPSA) is 12.4 Å². The van der Waals surface area contributed by atoms with Gasteiger partial charge in [0.2, 0.25) is 0 Å². The molecule has 9 heteroatoms. The average Bonchev–Trinajstić information content (AvgIpc) is 2.56. The third kappa shape index (κ3) is 7.19.